The Balaban J connectivity index is 1.24. The molecule has 2 heterocycles. The summed E-state index contributed by atoms with van der Waals surface area (Å²) in [5, 5.41) is 6.83. The van der Waals surface area contributed by atoms with Crippen LogP contribution in [-0.2, 0) is 10.0 Å². The van der Waals surface area contributed by atoms with Gasteiger partial charge < -0.3 is 14.8 Å². The van der Waals surface area contributed by atoms with Gasteiger partial charge in [-0.15, -0.1) is 0 Å². The molecule has 2 N–H and O–H groups in total. The summed E-state index contributed by atoms with van der Waals surface area (Å²) in [5.74, 6) is 0.606. The van der Waals surface area contributed by atoms with E-state index < -0.39 is 10.0 Å². The maximum absolute atomic E-state index is 12.8. The maximum Gasteiger partial charge on any atom is 0.262 e. The van der Waals surface area contributed by atoms with E-state index in [4.69, 9.17) is 9.47 Å². The number of carbonyl (C=O) groups is 1. The second-order valence-corrected chi connectivity index (χ2v) is 9.01. The summed E-state index contributed by atoms with van der Waals surface area (Å²) < 4.78 is 40.5. The van der Waals surface area contributed by atoms with Gasteiger partial charge in [-0.25, -0.2) is 18.1 Å². The SMILES string of the molecule is O=C(Nc1ccc(NS(=O)(=O)c2ccc3c(c2)OCCO3)cc1)c1ccc(-n2cncn2)cc1. The fraction of sp³-hybridized carbons (Fsp3) is 0.0870. The predicted molar refractivity (Wildman–Crippen MR) is 124 cm³/mol. The van der Waals surface area contributed by atoms with E-state index in [1.807, 2.05) is 0 Å². The third kappa shape index (κ3) is 4.55. The molecule has 34 heavy (non-hydrogen) atoms. The Labute approximate surface area is 195 Å². The number of fused-ring (bicyclic) bond motifs is 1. The number of nitrogens with one attached hydrogen (secondary N) is 2. The van der Waals surface area contributed by atoms with Gasteiger partial charge in [0.25, 0.3) is 15.9 Å². The molecule has 4 aromatic rings. The molecule has 10 nitrogen and oxygen atoms in total. The Morgan fingerprint density at radius 1 is 0.882 bits per heavy atom. The van der Waals surface area contributed by atoms with Crippen molar-refractivity contribution in [1.82, 2.24) is 14.8 Å². The quantitative estimate of drug-likeness (QED) is 0.437. The van der Waals surface area contributed by atoms with Crippen molar-refractivity contribution >= 4 is 27.3 Å². The molecule has 0 radical (unpaired) electrons. The van der Waals surface area contributed by atoms with Crippen LogP contribution in [0.2, 0.25) is 0 Å². The van der Waals surface area contributed by atoms with E-state index in [0.717, 1.165) is 5.69 Å². The molecule has 1 aliphatic rings. The summed E-state index contributed by atoms with van der Waals surface area (Å²) >= 11 is 0. The zero-order valence-electron chi connectivity index (χ0n) is 17.7. The minimum atomic E-state index is -3.83. The highest BCUT2D eigenvalue weighted by Gasteiger charge is 2.19. The van der Waals surface area contributed by atoms with Crippen molar-refractivity contribution < 1.29 is 22.7 Å². The highest BCUT2D eigenvalue weighted by Crippen LogP contribution is 2.32. The Morgan fingerprint density at radius 2 is 1.59 bits per heavy atom. The number of carbonyl (C=O) groups excluding carboxylic acids is 1. The molecule has 3 aromatic carbocycles. The molecule has 0 unspecified atom stereocenters. The summed E-state index contributed by atoms with van der Waals surface area (Å²) in [5.41, 5.74) is 2.12. The van der Waals surface area contributed by atoms with Gasteiger partial charge in [0.15, 0.2) is 11.5 Å². The van der Waals surface area contributed by atoms with E-state index in [-0.39, 0.29) is 10.8 Å². The third-order valence-corrected chi connectivity index (χ3v) is 6.41. The fourth-order valence-corrected chi connectivity index (χ4v) is 4.41. The van der Waals surface area contributed by atoms with Gasteiger partial charge in [-0.1, -0.05) is 0 Å². The summed E-state index contributed by atoms with van der Waals surface area (Å²) in [6.07, 6.45) is 3.00. The van der Waals surface area contributed by atoms with Gasteiger partial charge >= 0.3 is 0 Å². The summed E-state index contributed by atoms with van der Waals surface area (Å²) in [4.78, 5) is 16.5. The lowest BCUT2D eigenvalue weighted by Gasteiger charge is -2.19. The standard InChI is InChI=1S/C23H19N5O5S/c29-23(16-1-7-19(8-2-16)28-15-24-14-25-28)26-17-3-5-18(6-4-17)27-34(30,31)20-9-10-21-22(13-20)33-12-11-32-21/h1-10,13-15,27H,11-12H2,(H,26,29). The molecular weight excluding hydrogens is 458 g/mol. The van der Waals surface area contributed by atoms with Crippen molar-refractivity contribution in [1.29, 1.82) is 0 Å². The number of ether oxygens (including phenoxy) is 2. The molecule has 0 spiro atoms. The second-order valence-electron chi connectivity index (χ2n) is 7.33. The number of rotatable bonds is 6. The Hall–Kier alpha value is -4.38. The first-order chi connectivity index (χ1) is 16.5. The zero-order chi connectivity index (χ0) is 23.5. The first kappa shape index (κ1) is 21.5. The number of amides is 1. The lowest BCUT2D eigenvalue weighted by Crippen LogP contribution is -2.17. The van der Waals surface area contributed by atoms with Gasteiger partial charge in [0.05, 0.1) is 10.6 Å². The molecule has 0 atom stereocenters. The van der Waals surface area contributed by atoms with Crippen molar-refractivity contribution in [2.24, 2.45) is 0 Å². The van der Waals surface area contributed by atoms with Gasteiger partial charge in [0, 0.05) is 23.0 Å². The summed E-state index contributed by atoms with van der Waals surface area (Å²) in [7, 11) is -3.83. The Bertz CT molecular complexity index is 1420. The smallest absolute Gasteiger partial charge is 0.262 e. The average Bonchev–Trinajstić information content (AvgIpc) is 3.40. The van der Waals surface area contributed by atoms with E-state index >= 15 is 0 Å². The number of hydrogen-bond acceptors (Lipinski definition) is 7. The van der Waals surface area contributed by atoms with Crippen LogP contribution in [0, 0.1) is 0 Å². The number of nitrogens with zero attached hydrogens (tertiary/aromatic N) is 3. The average molecular weight is 478 g/mol. The molecule has 1 aromatic heterocycles. The zero-order valence-corrected chi connectivity index (χ0v) is 18.5. The van der Waals surface area contributed by atoms with Crippen molar-refractivity contribution in [3.05, 3.63) is 84.9 Å². The van der Waals surface area contributed by atoms with Crippen LogP contribution in [0.15, 0.2) is 84.3 Å². The first-order valence-electron chi connectivity index (χ1n) is 10.3. The molecule has 0 bridgehead atoms. The van der Waals surface area contributed by atoms with Gasteiger partial charge in [0.1, 0.15) is 25.9 Å². The van der Waals surface area contributed by atoms with E-state index in [1.165, 1.54) is 18.5 Å². The van der Waals surface area contributed by atoms with E-state index in [2.05, 4.69) is 20.1 Å². The molecular formula is C23H19N5O5S. The number of sulfonamides is 1. The fourth-order valence-electron chi connectivity index (χ4n) is 3.34. The molecule has 0 aliphatic carbocycles. The van der Waals surface area contributed by atoms with Crippen molar-refractivity contribution in [2.75, 3.05) is 23.3 Å². The van der Waals surface area contributed by atoms with E-state index in [1.54, 1.807) is 65.6 Å². The highest BCUT2D eigenvalue weighted by atomic mass is 32.2. The monoisotopic (exact) mass is 477 g/mol. The van der Waals surface area contributed by atoms with E-state index in [9.17, 15) is 13.2 Å². The van der Waals surface area contributed by atoms with Crippen LogP contribution in [0.4, 0.5) is 11.4 Å². The molecule has 1 aliphatic heterocycles. The van der Waals surface area contributed by atoms with Gasteiger partial charge in [-0.3, -0.25) is 9.52 Å². The molecule has 1 amide bonds. The molecule has 0 saturated carbocycles. The van der Waals surface area contributed by atoms with Crippen LogP contribution < -0.4 is 19.5 Å². The van der Waals surface area contributed by atoms with Crippen LogP contribution >= 0.6 is 0 Å². The van der Waals surface area contributed by atoms with Gasteiger partial charge in [-0.05, 0) is 60.7 Å². The topological polar surface area (TPSA) is 124 Å². The molecule has 172 valence electrons. The molecule has 11 heteroatoms. The van der Waals surface area contributed by atoms with Crippen molar-refractivity contribution in [3.8, 4) is 17.2 Å². The normalized spacial score (nSPS) is 12.7. The molecule has 5 rings (SSSR count). The third-order valence-electron chi connectivity index (χ3n) is 5.03. The summed E-state index contributed by atoms with van der Waals surface area (Å²) in [6.45, 7) is 0.789. The number of aromatic nitrogens is 3. The largest absolute Gasteiger partial charge is 0.486 e. The van der Waals surface area contributed by atoms with Crippen LogP contribution in [0.5, 0.6) is 11.5 Å². The van der Waals surface area contributed by atoms with Crippen molar-refractivity contribution in [2.45, 2.75) is 4.90 Å². The first-order valence-corrected chi connectivity index (χ1v) is 11.8. The Kier molecular flexibility index (Phi) is 5.60. The van der Waals surface area contributed by atoms with Crippen LogP contribution in [-0.4, -0.2) is 42.3 Å². The number of anilines is 2. The number of hydrogen-bond donors (Lipinski definition) is 2. The molecule has 0 fully saturated rings. The van der Waals surface area contributed by atoms with Crippen LogP contribution in [0.3, 0.4) is 0 Å². The maximum atomic E-state index is 12.8. The highest BCUT2D eigenvalue weighted by molar-refractivity contribution is 7.92. The number of benzene rings is 3. The van der Waals surface area contributed by atoms with Gasteiger partial charge in [0.2, 0.25) is 0 Å². The minimum absolute atomic E-state index is 0.0588. The Morgan fingerprint density at radius 3 is 2.29 bits per heavy atom. The van der Waals surface area contributed by atoms with Gasteiger partial charge in [-0.2, -0.15) is 5.10 Å². The molecule has 0 saturated heterocycles. The van der Waals surface area contributed by atoms with Crippen LogP contribution in [0.25, 0.3) is 5.69 Å². The second kappa shape index (κ2) is 8.87. The lowest BCUT2D eigenvalue weighted by molar-refractivity contribution is 0.102. The van der Waals surface area contributed by atoms with E-state index in [0.29, 0.717) is 41.7 Å². The van der Waals surface area contributed by atoms with Crippen molar-refractivity contribution in [3.63, 3.8) is 0 Å². The van der Waals surface area contributed by atoms with Crippen LogP contribution in [0.1, 0.15) is 10.4 Å². The lowest BCUT2D eigenvalue weighted by atomic mass is 10.2. The summed E-state index contributed by atoms with van der Waals surface area (Å²) in [6, 6.07) is 17.7. The predicted octanol–water partition coefficient (Wildman–Crippen LogP) is 3.09. The minimum Gasteiger partial charge on any atom is -0.486 e.